The lowest BCUT2D eigenvalue weighted by molar-refractivity contribution is -0.0285. The van der Waals surface area contributed by atoms with E-state index in [-0.39, 0.29) is 11.4 Å². The first-order valence-corrected chi connectivity index (χ1v) is 14.4. The summed E-state index contributed by atoms with van der Waals surface area (Å²) in [7, 11) is 0. The molecule has 6 rings (SSSR count). The van der Waals surface area contributed by atoms with Crippen LogP contribution in [0.3, 0.4) is 0 Å². The van der Waals surface area contributed by atoms with Crippen molar-refractivity contribution in [2.24, 2.45) is 0 Å². The number of thiophene rings is 1. The molecule has 1 fully saturated rings. The predicted octanol–water partition coefficient (Wildman–Crippen LogP) is 3.88. The Morgan fingerprint density at radius 2 is 2.00 bits per heavy atom. The maximum Gasteiger partial charge on any atom is 0.335 e. The largest absolute Gasteiger partial charge is 0.478 e. The number of fused-ring (bicyclic) bond motifs is 2. The van der Waals surface area contributed by atoms with Crippen LogP contribution in [0.15, 0.2) is 66.4 Å². The molecule has 5 aromatic rings. The number of nitrogens with zero attached hydrogens (tertiary/aromatic N) is 3. The van der Waals surface area contributed by atoms with E-state index in [0.717, 1.165) is 21.2 Å². The molecule has 40 heavy (non-hydrogen) atoms. The van der Waals surface area contributed by atoms with Crippen molar-refractivity contribution in [1.82, 2.24) is 14.5 Å². The van der Waals surface area contributed by atoms with E-state index in [4.69, 9.17) is 10.5 Å². The number of carbonyl (C=O) groups is 1. The van der Waals surface area contributed by atoms with Gasteiger partial charge in [-0.05, 0) is 46.7 Å². The number of rotatable bonds is 6. The highest BCUT2D eigenvalue weighted by Gasteiger charge is 2.44. The second-order valence-corrected chi connectivity index (χ2v) is 11.4. The fourth-order valence-corrected chi connectivity index (χ4v) is 6.62. The first-order chi connectivity index (χ1) is 19.4. The zero-order chi connectivity index (χ0) is 27.8. The van der Waals surface area contributed by atoms with Gasteiger partial charge in [-0.15, -0.1) is 11.3 Å². The third kappa shape index (κ3) is 5.03. The van der Waals surface area contributed by atoms with Gasteiger partial charge in [0.15, 0.2) is 6.23 Å². The first kappa shape index (κ1) is 26.3. The van der Waals surface area contributed by atoms with Crippen LogP contribution in [0.1, 0.15) is 33.3 Å². The van der Waals surface area contributed by atoms with E-state index in [2.05, 4.69) is 27.9 Å². The smallest absolute Gasteiger partial charge is 0.335 e. The van der Waals surface area contributed by atoms with Crippen molar-refractivity contribution in [1.29, 1.82) is 0 Å². The SMILES string of the molecule is Nc1ncnc2c1c(C#Cc1ccc3ccsc3c1)cn2[C@@H]1O[C@H](CSCc2cccc(C(=O)O)c2)[C@@H](O)[C@H]1O. The van der Waals surface area contributed by atoms with Crippen LogP contribution in [-0.4, -0.2) is 59.9 Å². The predicted molar refractivity (Wildman–Crippen MR) is 155 cm³/mol. The highest BCUT2D eigenvalue weighted by molar-refractivity contribution is 7.98. The average Bonchev–Trinajstić information content (AvgIpc) is 3.65. The standard InChI is InChI=1S/C29H24N4O5S2/c30-26-23-20(7-5-16-4-6-18-8-9-40-22(18)11-16)12-33(27(23)32-15-31-26)28-25(35)24(34)21(38-28)14-39-13-17-2-1-3-19(10-17)29(36)37/h1-4,6,8-12,15,21,24-25,28,34-35H,13-14H2,(H,36,37)(H2,30,31,32)/t21-,24-,25-,28-/m1/s1. The van der Waals surface area contributed by atoms with Crippen LogP contribution in [0, 0.1) is 11.8 Å². The Morgan fingerprint density at radius 1 is 1.12 bits per heavy atom. The lowest BCUT2D eigenvalue weighted by atomic mass is 10.1. The molecule has 0 bridgehead atoms. The van der Waals surface area contributed by atoms with Gasteiger partial charge in [-0.3, -0.25) is 0 Å². The zero-order valence-corrected chi connectivity index (χ0v) is 22.6. The van der Waals surface area contributed by atoms with Crippen LogP contribution in [0.2, 0.25) is 0 Å². The summed E-state index contributed by atoms with van der Waals surface area (Å²) < 4.78 is 8.93. The first-order valence-electron chi connectivity index (χ1n) is 12.4. The summed E-state index contributed by atoms with van der Waals surface area (Å²) >= 11 is 3.13. The minimum absolute atomic E-state index is 0.220. The molecule has 0 saturated carbocycles. The van der Waals surface area contributed by atoms with Gasteiger partial charge in [0.05, 0.1) is 22.6 Å². The minimum atomic E-state index is -1.21. The fourth-order valence-electron chi connectivity index (χ4n) is 4.75. The number of nitrogen functional groups attached to an aromatic ring is 1. The molecule has 5 N–H and O–H groups in total. The molecule has 1 saturated heterocycles. The molecular weight excluding hydrogens is 548 g/mol. The fraction of sp³-hybridized carbons (Fsp3) is 0.207. The summed E-state index contributed by atoms with van der Waals surface area (Å²) in [6, 6.07) is 14.8. The summed E-state index contributed by atoms with van der Waals surface area (Å²) in [5, 5.41) is 34.7. The molecule has 1 aliphatic rings. The van der Waals surface area contributed by atoms with Gasteiger partial charge in [0, 0.05) is 28.0 Å². The van der Waals surface area contributed by atoms with E-state index in [1.54, 1.807) is 40.3 Å². The minimum Gasteiger partial charge on any atom is -0.478 e. The van der Waals surface area contributed by atoms with Gasteiger partial charge in [0.1, 0.15) is 30.0 Å². The molecule has 0 amide bonds. The number of aliphatic hydroxyl groups is 2. The molecule has 9 nitrogen and oxygen atoms in total. The number of benzene rings is 2. The van der Waals surface area contributed by atoms with E-state index >= 15 is 0 Å². The monoisotopic (exact) mass is 572 g/mol. The normalized spacial score (nSPS) is 20.6. The highest BCUT2D eigenvalue weighted by Crippen LogP contribution is 2.36. The zero-order valence-electron chi connectivity index (χ0n) is 21.0. The maximum absolute atomic E-state index is 11.2. The van der Waals surface area contributed by atoms with Crippen molar-refractivity contribution < 1.29 is 24.9 Å². The summed E-state index contributed by atoms with van der Waals surface area (Å²) in [5.41, 5.74) is 9.16. The Bertz CT molecular complexity index is 1790. The van der Waals surface area contributed by atoms with Gasteiger partial charge in [-0.1, -0.05) is 30.0 Å². The van der Waals surface area contributed by atoms with Crippen molar-refractivity contribution in [3.63, 3.8) is 0 Å². The van der Waals surface area contributed by atoms with Crippen LogP contribution in [-0.2, 0) is 10.5 Å². The number of aliphatic hydroxyl groups excluding tert-OH is 2. The molecule has 0 radical (unpaired) electrons. The van der Waals surface area contributed by atoms with E-state index in [0.29, 0.717) is 28.1 Å². The van der Waals surface area contributed by atoms with E-state index in [1.807, 2.05) is 29.6 Å². The van der Waals surface area contributed by atoms with Gasteiger partial charge < -0.3 is 30.4 Å². The molecule has 0 spiro atoms. The molecule has 11 heteroatoms. The van der Waals surface area contributed by atoms with Gasteiger partial charge in [-0.2, -0.15) is 11.8 Å². The van der Waals surface area contributed by atoms with Crippen molar-refractivity contribution in [3.8, 4) is 11.8 Å². The summed E-state index contributed by atoms with van der Waals surface area (Å²) in [6.45, 7) is 0. The summed E-state index contributed by atoms with van der Waals surface area (Å²) in [5.74, 6) is 6.56. The lowest BCUT2D eigenvalue weighted by Gasteiger charge is -2.17. The maximum atomic E-state index is 11.2. The Labute approximate surface area is 237 Å². The van der Waals surface area contributed by atoms with Gasteiger partial charge in [0.2, 0.25) is 0 Å². The molecule has 4 heterocycles. The number of aromatic carboxylic acids is 1. The molecule has 3 aromatic heterocycles. The lowest BCUT2D eigenvalue weighted by Crippen LogP contribution is -2.32. The topological polar surface area (TPSA) is 144 Å². The van der Waals surface area contributed by atoms with Crippen molar-refractivity contribution in [3.05, 3.63) is 88.7 Å². The number of hydrogen-bond donors (Lipinski definition) is 4. The third-order valence-electron chi connectivity index (χ3n) is 6.77. The molecule has 0 unspecified atom stereocenters. The number of ether oxygens (including phenoxy) is 1. The number of carboxylic acids is 1. The third-order valence-corrected chi connectivity index (χ3v) is 8.75. The molecule has 2 aromatic carbocycles. The second kappa shape index (κ2) is 10.9. The number of aromatic nitrogens is 3. The second-order valence-electron chi connectivity index (χ2n) is 9.40. The number of hydrogen-bond acceptors (Lipinski definition) is 9. The molecule has 1 aliphatic heterocycles. The Kier molecular flexibility index (Phi) is 7.18. The van der Waals surface area contributed by atoms with Crippen LogP contribution >= 0.6 is 23.1 Å². The van der Waals surface area contributed by atoms with Crippen LogP contribution in [0.5, 0.6) is 0 Å². The average molecular weight is 573 g/mol. The molecule has 4 atom stereocenters. The molecule has 202 valence electrons. The number of carboxylic acid groups (broad SMARTS) is 1. The van der Waals surface area contributed by atoms with Crippen LogP contribution in [0.25, 0.3) is 21.1 Å². The summed E-state index contributed by atoms with van der Waals surface area (Å²) in [6.07, 6.45) is -0.852. The van der Waals surface area contributed by atoms with Crippen molar-refractivity contribution in [2.45, 2.75) is 30.3 Å². The van der Waals surface area contributed by atoms with Crippen molar-refractivity contribution in [2.75, 3.05) is 11.5 Å². The quantitative estimate of drug-likeness (QED) is 0.223. The van der Waals surface area contributed by atoms with Gasteiger partial charge >= 0.3 is 5.97 Å². The van der Waals surface area contributed by atoms with E-state index < -0.39 is 30.5 Å². The van der Waals surface area contributed by atoms with Gasteiger partial charge in [0.25, 0.3) is 0 Å². The summed E-state index contributed by atoms with van der Waals surface area (Å²) in [4.78, 5) is 19.7. The van der Waals surface area contributed by atoms with E-state index in [1.165, 1.54) is 18.1 Å². The highest BCUT2D eigenvalue weighted by atomic mass is 32.2. The molecule has 0 aliphatic carbocycles. The number of thioether (sulfide) groups is 1. The van der Waals surface area contributed by atoms with E-state index in [9.17, 15) is 20.1 Å². The van der Waals surface area contributed by atoms with Gasteiger partial charge in [-0.25, -0.2) is 14.8 Å². The Morgan fingerprint density at radius 3 is 2.85 bits per heavy atom. The Balaban J connectivity index is 1.23. The van der Waals surface area contributed by atoms with Crippen molar-refractivity contribution >= 4 is 56.0 Å². The van der Waals surface area contributed by atoms with Crippen LogP contribution < -0.4 is 5.73 Å². The van der Waals surface area contributed by atoms with Crippen LogP contribution in [0.4, 0.5) is 5.82 Å². The molecular formula is C29H24N4O5S2. The number of anilines is 1. The Hall–Kier alpha value is -3.92. The number of nitrogens with two attached hydrogens (primary N) is 1.